The molecule has 0 bridgehead atoms. The van der Waals surface area contributed by atoms with Gasteiger partial charge in [0.05, 0.1) is 11.6 Å². The van der Waals surface area contributed by atoms with E-state index in [9.17, 15) is 9.50 Å². The molecular weight excluding hydrogens is 275 g/mol. The van der Waals surface area contributed by atoms with Crippen molar-refractivity contribution in [3.8, 4) is 0 Å². The highest BCUT2D eigenvalue weighted by Crippen LogP contribution is 2.27. The van der Waals surface area contributed by atoms with Gasteiger partial charge in [0.25, 0.3) is 0 Å². The maximum atomic E-state index is 12.9. The van der Waals surface area contributed by atoms with Gasteiger partial charge in [0.2, 0.25) is 0 Å². The first-order valence-corrected chi connectivity index (χ1v) is 7.51. The average Bonchev–Trinajstić information content (AvgIpc) is 3.00. The van der Waals surface area contributed by atoms with Crippen LogP contribution in [0.3, 0.4) is 0 Å². The molecule has 0 aliphatic carbocycles. The predicted molar refractivity (Wildman–Crippen MR) is 79.1 cm³/mol. The van der Waals surface area contributed by atoms with E-state index in [0.717, 1.165) is 11.4 Å². The van der Waals surface area contributed by atoms with Crippen LogP contribution in [0.4, 0.5) is 4.39 Å². The highest BCUT2D eigenvalue weighted by Gasteiger charge is 2.27. The predicted octanol–water partition coefficient (Wildman–Crippen LogP) is 3.23. The van der Waals surface area contributed by atoms with Gasteiger partial charge >= 0.3 is 0 Å². The standard InChI is InChI=1S/C15H19FN2OS/c1-3-15(2,14-17-8-9-20-14)18-10-13(19)11-4-6-12(16)7-5-11/h4-9,13,18-19H,3,10H2,1-2H3. The van der Waals surface area contributed by atoms with E-state index in [1.54, 1.807) is 29.7 Å². The minimum absolute atomic E-state index is 0.255. The number of hydrogen-bond acceptors (Lipinski definition) is 4. The molecule has 2 unspecified atom stereocenters. The molecule has 0 aliphatic rings. The van der Waals surface area contributed by atoms with Crippen molar-refractivity contribution in [2.75, 3.05) is 6.54 Å². The lowest BCUT2D eigenvalue weighted by atomic mass is 9.99. The van der Waals surface area contributed by atoms with Crippen molar-refractivity contribution in [3.05, 3.63) is 52.2 Å². The summed E-state index contributed by atoms with van der Waals surface area (Å²) >= 11 is 1.60. The summed E-state index contributed by atoms with van der Waals surface area (Å²) in [5, 5.41) is 16.5. The zero-order valence-corrected chi connectivity index (χ0v) is 12.5. The number of benzene rings is 1. The number of hydrogen-bond donors (Lipinski definition) is 2. The van der Waals surface area contributed by atoms with Crippen LogP contribution in [-0.4, -0.2) is 16.6 Å². The maximum absolute atomic E-state index is 12.9. The molecule has 0 spiro atoms. The number of aromatic nitrogens is 1. The summed E-state index contributed by atoms with van der Waals surface area (Å²) < 4.78 is 12.9. The second kappa shape index (κ2) is 6.43. The number of nitrogens with one attached hydrogen (secondary N) is 1. The van der Waals surface area contributed by atoms with Crippen LogP contribution in [0.25, 0.3) is 0 Å². The summed E-state index contributed by atoms with van der Waals surface area (Å²) in [4.78, 5) is 4.35. The average molecular weight is 294 g/mol. The zero-order valence-electron chi connectivity index (χ0n) is 11.6. The van der Waals surface area contributed by atoms with E-state index in [-0.39, 0.29) is 11.4 Å². The minimum Gasteiger partial charge on any atom is -0.387 e. The second-order valence-corrected chi connectivity index (χ2v) is 5.87. The topological polar surface area (TPSA) is 45.1 Å². The monoisotopic (exact) mass is 294 g/mol. The quantitative estimate of drug-likeness (QED) is 0.860. The molecule has 1 heterocycles. The summed E-state index contributed by atoms with van der Waals surface area (Å²) in [5.74, 6) is -0.296. The highest BCUT2D eigenvalue weighted by atomic mass is 32.1. The molecule has 2 atom stereocenters. The number of thiazole rings is 1. The van der Waals surface area contributed by atoms with Gasteiger partial charge in [0, 0.05) is 18.1 Å². The van der Waals surface area contributed by atoms with Gasteiger partial charge < -0.3 is 10.4 Å². The molecule has 0 aliphatic heterocycles. The molecule has 2 aromatic rings. The fourth-order valence-corrected chi connectivity index (χ4v) is 2.82. The summed E-state index contributed by atoms with van der Waals surface area (Å²) in [5.41, 5.74) is 0.450. The van der Waals surface area contributed by atoms with Gasteiger partial charge in [-0.3, -0.25) is 0 Å². The van der Waals surface area contributed by atoms with Gasteiger partial charge in [-0.15, -0.1) is 11.3 Å². The summed E-state index contributed by atoms with van der Waals surface area (Å²) in [6, 6.07) is 5.93. The molecule has 0 saturated carbocycles. The summed E-state index contributed by atoms with van der Waals surface area (Å²) in [7, 11) is 0. The fourth-order valence-electron chi connectivity index (χ4n) is 1.97. The van der Waals surface area contributed by atoms with Crippen molar-refractivity contribution in [1.29, 1.82) is 0 Å². The Morgan fingerprint density at radius 2 is 2.10 bits per heavy atom. The smallest absolute Gasteiger partial charge is 0.123 e. The Hall–Kier alpha value is -1.30. The van der Waals surface area contributed by atoms with E-state index in [4.69, 9.17) is 0 Å². The molecule has 2 rings (SSSR count). The molecule has 2 N–H and O–H groups in total. The molecule has 0 saturated heterocycles. The summed E-state index contributed by atoms with van der Waals surface area (Å²) in [6.45, 7) is 4.55. The van der Waals surface area contributed by atoms with Crippen molar-refractivity contribution in [2.24, 2.45) is 0 Å². The molecule has 0 fully saturated rings. The second-order valence-electron chi connectivity index (χ2n) is 4.97. The minimum atomic E-state index is -0.665. The Kier molecular flexibility index (Phi) is 4.86. The van der Waals surface area contributed by atoms with E-state index >= 15 is 0 Å². The lowest BCUT2D eigenvalue weighted by molar-refractivity contribution is 0.157. The Balaban J connectivity index is 2.01. The third kappa shape index (κ3) is 3.42. The molecule has 3 nitrogen and oxygen atoms in total. The molecule has 1 aromatic carbocycles. The van der Waals surface area contributed by atoms with Gasteiger partial charge in [-0.05, 0) is 31.0 Å². The van der Waals surface area contributed by atoms with Crippen LogP contribution in [0.5, 0.6) is 0 Å². The molecule has 0 amide bonds. The number of aliphatic hydroxyl groups excluding tert-OH is 1. The van der Waals surface area contributed by atoms with Crippen molar-refractivity contribution < 1.29 is 9.50 Å². The molecule has 108 valence electrons. The normalized spacial score (nSPS) is 15.8. The fraction of sp³-hybridized carbons (Fsp3) is 0.400. The van der Waals surface area contributed by atoms with Gasteiger partial charge in [-0.25, -0.2) is 9.37 Å². The lowest BCUT2D eigenvalue weighted by Crippen LogP contribution is -2.41. The van der Waals surface area contributed by atoms with Crippen LogP contribution in [-0.2, 0) is 5.54 Å². The zero-order chi connectivity index (χ0) is 14.6. The van der Waals surface area contributed by atoms with Crippen molar-refractivity contribution in [3.63, 3.8) is 0 Å². The maximum Gasteiger partial charge on any atom is 0.123 e. The Bertz CT molecular complexity index is 529. The van der Waals surface area contributed by atoms with Gasteiger partial charge in [0.15, 0.2) is 0 Å². The highest BCUT2D eigenvalue weighted by molar-refractivity contribution is 7.09. The van der Waals surface area contributed by atoms with E-state index in [2.05, 4.69) is 24.1 Å². The van der Waals surface area contributed by atoms with E-state index in [0.29, 0.717) is 12.1 Å². The summed E-state index contributed by atoms with van der Waals surface area (Å²) in [6.07, 6.45) is 1.99. The largest absolute Gasteiger partial charge is 0.387 e. The van der Waals surface area contributed by atoms with Gasteiger partial charge in [0.1, 0.15) is 10.8 Å². The molecule has 0 radical (unpaired) electrons. The lowest BCUT2D eigenvalue weighted by Gasteiger charge is -2.29. The van der Waals surface area contributed by atoms with Gasteiger partial charge in [-0.2, -0.15) is 0 Å². The van der Waals surface area contributed by atoms with Crippen molar-refractivity contribution in [1.82, 2.24) is 10.3 Å². The Morgan fingerprint density at radius 3 is 2.65 bits per heavy atom. The Morgan fingerprint density at radius 1 is 1.40 bits per heavy atom. The van der Waals surface area contributed by atoms with Crippen LogP contribution in [0.2, 0.25) is 0 Å². The van der Waals surface area contributed by atoms with E-state index in [1.807, 2.05) is 5.38 Å². The van der Waals surface area contributed by atoms with Crippen molar-refractivity contribution in [2.45, 2.75) is 31.9 Å². The molecule has 5 heteroatoms. The number of halogens is 1. The molecule has 20 heavy (non-hydrogen) atoms. The van der Waals surface area contributed by atoms with Crippen LogP contribution in [0, 0.1) is 5.82 Å². The third-order valence-electron chi connectivity index (χ3n) is 3.55. The van der Waals surface area contributed by atoms with Crippen molar-refractivity contribution >= 4 is 11.3 Å². The van der Waals surface area contributed by atoms with Crippen LogP contribution < -0.4 is 5.32 Å². The number of aliphatic hydroxyl groups is 1. The first kappa shape index (κ1) is 15.1. The van der Waals surface area contributed by atoms with E-state index < -0.39 is 6.10 Å². The SMILES string of the molecule is CCC(C)(NCC(O)c1ccc(F)cc1)c1nccs1. The first-order valence-electron chi connectivity index (χ1n) is 6.63. The molecule has 1 aromatic heterocycles. The number of rotatable bonds is 6. The third-order valence-corrected chi connectivity index (χ3v) is 4.59. The van der Waals surface area contributed by atoms with Gasteiger partial charge in [-0.1, -0.05) is 19.1 Å². The van der Waals surface area contributed by atoms with Crippen LogP contribution in [0.15, 0.2) is 35.8 Å². The Labute approximate surface area is 122 Å². The first-order chi connectivity index (χ1) is 9.55. The van der Waals surface area contributed by atoms with Crippen LogP contribution in [0.1, 0.15) is 36.9 Å². The van der Waals surface area contributed by atoms with Crippen LogP contribution >= 0.6 is 11.3 Å². The number of nitrogens with zero attached hydrogens (tertiary/aromatic N) is 1. The molecular formula is C15H19FN2OS. The van der Waals surface area contributed by atoms with E-state index in [1.165, 1.54) is 12.1 Å².